The molecule has 0 aromatic heterocycles. The first-order valence-corrected chi connectivity index (χ1v) is 5.61. The predicted octanol–water partition coefficient (Wildman–Crippen LogP) is 1.65. The molecule has 2 N–H and O–H groups in total. The van der Waals surface area contributed by atoms with E-state index in [4.69, 9.17) is 9.84 Å². The van der Waals surface area contributed by atoms with Crippen LogP contribution < -0.4 is 5.32 Å². The Morgan fingerprint density at radius 1 is 1.40 bits per heavy atom. The SMILES string of the molecule is COCCC(C)NCCCCCC(=O)O. The first kappa shape index (κ1) is 14.4. The Balaban J connectivity index is 3.12. The molecule has 0 amide bonds. The van der Waals surface area contributed by atoms with Crippen molar-refractivity contribution in [1.82, 2.24) is 5.32 Å². The molecule has 1 unspecified atom stereocenters. The lowest BCUT2D eigenvalue weighted by Crippen LogP contribution is -2.28. The highest BCUT2D eigenvalue weighted by Gasteiger charge is 2.00. The zero-order valence-electron chi connectivity index (χ0n) is 9.79. The lowest BCUT2D eigenvalue weighted by Gasteiger charge is -2.12. The molecular formula is C11H23NO3. The highest BCUT2D eigenvalue weighted by molar-refractivity contribution is 5.66. The molecule has 90 valence electrons. The van der Waals surface area contributed by atoms with Gasteiger partial charge in [-0.3, -0.25) is 4.79 Å². The van der Waals surface area contributed by atoms with Gasteiger partial charge in [0.25, 0.3) is 0 Å². The van der Waals surface area contributed by atoms with Crippen molar-refractivity contribution >= 4 is 5.97 Å². The molecule has 0 aliphatic heterocycles. The van der Waals surface area contributed by atoms with Crippen molar-refractivity contribution in [3.8, 4) is 0 Å². The number of unbranched alkanes of at least 4 members (excludes halogenated alkanes) is 2. The van der Waals surface area contributed by atoms with E-state index in [2.05, 4.69) is 12.2 Å². The Bertz CT molecular complexity index is 162. The van der Waals surface area contributed by atoms with Gasteiger partial charge in [-0.05, 0) is 32.7 Å². The predicted molar refractivity (Wildman–Crippen MR) is 60.1 cm³/mol. The summed E-state index contributed by atoms with van der Waals surface area (Å²) in [5.74, 6) is -0.698. The first-order valence-electron chi connectivity index (χ1n) is 5.61. The van der Waals surface area contributed by atoms with Crippen LogP contribution in [-0.4, -0.2) is 37.4 Å². The average Bonchev–Trinajstić information content (AvgIpc) is 2.19. The van der Waals surface area contributed by atoms with Crippen LogP contribution in [0.3, 0.4) is 0 Å². The highest BCUT2D eigenvalue weighted by atomic mass is 16.5. The molecule has 0 fully saturated rings. The van der Waals surface area contributed by atoms with Crippen molar-refractivity contribution in [2.24, 2.45) is 0 Å². The van der Waals surface area contributed by atoms with Crippen LogP contribution in [-0.2, 0) is 9.53 Å². The summed E-state index contributed by atoms with van der Waals surface area (Å²) >= 11 is 0. The highest BCUT2D eigenvalue weighted by Crippen LogP contribution is 1.99. The zero-order chi connectivity index (χ0) is 11.5. The van der Waals surface area contributed by atoms with Crippen LogP contribution >= 0.6 is 0 Å². The molecular weight excluding hydrogens is 194 g/mol. The fraction of sp³-hybridized carbons (Fsp3) is 0.909. The van der Waals surface area contributed by atoms with Gasteiger partial charge in [0.05, 0.1) is 0 Å². The average molecular weight is 217 g/mol. The summed E-state index contributed by atoms with van der Waals surface area (Å²) in [6.45, 7) is 3.88. The normalized spacial score (nSPS) is 12.7. The van der Waals surface area contributed by atoms with Crippen LogP contribution in [0.25, 0.3) is 0 Å². The molecule has 0 aromatic rings. The van der Waals surface area contributed by atoms with E-state index in [0.717, 1.165) is 38.8 Å². The van der Waals surface area contributed by atoms with Gasteiger partial charge in [0.1, 0.15) is 0 Å². The van der Waals surface area contributed by atoms with E-state index in [9.17, 15) is 4.79 Å². The van der Waals surface area contributed by atoms with E-state index in [1.54, 1.807) is 7.11 Å². The number of carbonyl (C=O) groups is 1. The Kier molecular flexibility index (Phi) is 9.52. The van der Waals surface area contributed by atoms with Crippen molar-refractivity contribution in [3.05, 3.63) is 0 Å². The molecule has 4 heteroatoms. The minimum Gasteiger partial charge on any atom is -0.481 e. The quantitative estimate of drug-likeness (QED) is 0.546. The van der Waals surface area contributed by atoms with Crippen LogP contribution in [0.15, 0.2) is 0 Å². The molecule has 0 saturated carbocycles. The Hall–Kier alpha value is -0.610. The molecule has 0 aliphatic carbocycles. The molecule has 0 saturated heterocycles. The second-order valence-corrected chi connectivity index (χ2v) is 3.84. The third-order valence-electron chi connectivity index (χ3n) is 2.32. The third kappa shape index (κ3) is 11.3. The summed E-state index contributed by atoms with van der Waals surface area (Å²) < 4.78 is 4.98. The van der Waals surface area contributed by atoms with E-state index >= 15 is 0 Å². The summed E-state index contributed by atoms with van der Waals surface area (Å²) in [4.78, 5) is 10.2. The Morgan fingerprint density at radius 2 is 2.13 bits per heavy atom. The van der Waals surface area contributed by atoms with E-state index < -0.39 is 5.97 Å². The Labute approximate surface area is 92.0 Å². The van der Waals surface area contributed by atoms with E-state index in [-0.39, 0.29) is 0 Å². The molecule has 0 spiro atoms. The second kappa shape index (κ2) is 9.93. The van der Waals surface area contributed by atoms with Gasteiger partial charge in [-0.1, -0.05) is 6.42 Å². The van der Waals surface area contributed by atoms with E-state index in [1.165, 1.54) is 0 Å². The van der Waals surface area contributed by atoms with Gasteiger partial charge in [-0.25, -0.2) is 0 Å². The van der Waals surface area contributed by atoms with Crippen molar-refractivity contribution in [2.75, 3.05) is 20.3 Å². The van der Waals surface area contributed by atoms with Gasteiger partial charge in [-0.15, -0.1) is 0 Å². The van der Waals surface area contributed by atoms with Crippen LogP contribution in [0, 0.1) is 0 Å². The number of hydrogen-bond donors (Lipinski definition) is 2. The summed E-state index contributed by atoms with van der Waals surface area (Å²) in [7, 11) is 1.71. The van der Waals surface area contributed by atoms with Gasteiger partial charge >= 0.3 is 5.97 Å². The lowest BCUT2D eigenvalue weighted by atomic mass is 10.2. The van der Waals surface area contributed by atoms with Gasteiger partial charge in [0.2, 0.25) is 0 Å². The molecule has 0 aromatic carbocycles. The smallest absolute Gasteiger partial charge is 0.303 e. The fourth-order valence-corrected chi connectivity index (χ4v) is 1.32. The molecule has 0 heterocycles. The van der Waals surface area contributed by atoms with Crippen LogP contribution in [0.1, 0.15) is 39.0 Å². The van der Waals surface area contributed by atoms with E-state index in [0.29, 0.717) is 12.5 Å². The summed E-state index contributed by atoms with van der Waals surface area (Å²) in [5, 5.41) is 11.8. The number of nitrogens with one attached hydrogen (secondary N) is 1. The number of ether oxygens (including phenoxy) is 1. The standard InChI is InChI=1S/C11H23NO3/c1-10(7-9-15-2)12-8-5-3-4-6-11(13)14/h10,12H,3-9H2,1-2H3,(H,13,14). The molecule has 0 rings (SSSR count). The van der Waals surface area contributed by atoms with Crippen LogP contribution in [0.5, 0.6) is 0 Å². The largest absolute Gasteiger partial charge is 0.481 e. The van der Waals surface area contributed by atoms with Crippen molar-refractivity contribution in [3.63, 3.8) is 0 Å². The number of hydrogen-bond acceptors (Lipinski definition) is 3. The molecule has 0 aliphatic rings. The first-order chi connectivity index (χ1) is 7.16. The second-order valence-electron chi connectivity index (χ2n) is 3.84. The molecule has 0 radical (unpaired) electrons. The number of aliphatic carboxylic acids is 1. The van der Waals surface area contributed by atoms with Crippen molar-refractivity contribution in [2.45, 2.75) is 45.1 Å². The number of carboxylic acids is 1. The van der Waals surface area contributed by atoms with E-state index in [1.807, 2.05) is 0 Å². The van der Waals surface area contributed by atoms with Crippen LogP contribution in [0.2, 0.25) is 0 Å². The molecule has 1 atom stereocenters. The van der Waals surface area contributed by atoms with Gasteiger partial charge in [0, 0.05) is 26.2 Å². The minimum atomic E-state index is -0.698. The lowest BCUT2D eigenvalue weighted by molar-refractivity contribution is -0.137. The molecule has 4 nitrogen and oxygen atoms in total. The molecule has 15 heavy (non-hydrogen) atoms. The summed E-state index contributed by atoms with van der Waals surface area (Å²) in [6, 6.07) is 0.476. The zero-order valence-corrected chi connectivity index (χ0v) is 9.79. The number of methoxy groups -OCH3 is 1. The maximum Gasteiger partial charge on any atom is 0.303 e. The maximum atomic E-state index is 10.2. The maximum absolute atomic E-state index is 10.2. The molecule has 0 bridgehead atoms. The minimum absolute atomic E-state index is 0.291. The van der Waals surface area contributed by atoms with Crippen LogP contribution in [0.4, 0.5) is 0 Å². The summed E-state index contributed by atoms with van der Waals surface area (Å²) in [5.41, 5.74) is 0. The van der Waals surface area contributed by atoms with Gasteiger partial charge < -0.3 is 15.2 Å². The number of carboxylic acid groups (broad SMARTS) is 1. The summed E-state index contributed by atoms with van der Waals surface area (Å²) in [6.07, 6.45) is 4.12. The Morgan fingerprint density at radius 3 is 2.73 bits per heavy atom. The van der Waals surface area contributed by atoms with Crippen molar-refractivity contribution in [1.29, 1.82) is 0 Å². The monoisotopic (exact) mass is 217 g/mol. The van der Waals surface area contributed by atoms with Gasteiger partial charge in [-0.2, -0.15) is 0 Å². The fourth-order valence-electron chi connectivity index (χ4n) is 1.32. The van der Waals surface area contributed by atoms with Crippen molar-refractivity contribution < 1.29 is 14.6 Å². The topological polar surface area (TPSA) is 58.6 Å². The van der Waals surface area contributed by atoms with Gasteiger partial charge in [0.15, 0.2) is 0 Å². The number of rotatable bonds is 10. The third-order valence-corrected chi connectivity index (χ3v) is 2.32.